The number of amidine groups is 1. The molecule has 2 aliphatic heterocycles. The first kappa shape index (κ1) is 34.2. The fourth-order valence-electron chi connectivity index (χ4n) is 5.39. The minimum atomic E-state index is -1.38. The molecule has 12 heteroatoms. The second-order valence-electron chi connectivity index (χ2n) is 15.4. The number of amides is 1. The zero-order chi connectivity index (χ0) is 32.4. The summed E-state index contributed by atoms with van der Waals surface area (Å²) < 4.78 is 39.2. The Labute approximate surface area is 262 Å². The highest BCUT2D eigenvalue weighted by Crippen LogP contribution is 2.67. The van der Waals surface area contributed by atoms with E-state index in [1.807, 2.05) is 34.6 Å². The van der Waals surface area contributed by atoms with E-state index in [1.165, 1.54) is 22.7 Å². The number of nitrogens with zero attached hydrogens (tertiary/aromatic N) is 2. The summed E-state index contributed by atoms with van der Waals surface area (Å²) in [5.74, 6) is -0.743. The molecule has 3 aliphatic rings. The number of Topliss-reactive ketones (excluding diaryl/α,β-unsaturated/α-hetero) is 1. The molecule has 1 saturated carbocycles. The van der Waals surface area contributed by atoms with Gasteiger partial charge in [0, 0.05) is 26.2 Å². The van der Waals surface area contributed by atoms with E-state index >= 15 is 4.39 Å². The highest BCUT2D eigenvalue weighted by Gasteiger charge is 2.70. The first-order valence-corrected chi connectivity index (χ1v) is 19.6. The SMILES string of the molecule is CC(=O)[C@]12C[C@H]1[C@@](C)(c1cc(B3OC(C)(C)C(C)(C)O3)ccc1F)N=C(N(COCC[Si](C)(C)C)C(=O)OC(C)(C)C)S2. The molecule has 1 amide bonds. The van der Waals surface area contributed by atoms with Gasteiger partial charge in [-0.25, -0.2) is 14.1 Å². The van der Waals surface area contributed by atoms with Gasteiger partial charge in [-0.1, -0.05) is 43.5 Å². The number of carbonyl (C=O) groups excluding carboxylic acids is 2. The normalized spacial score (nSPS) is 27.8. The molecule has 4 rings (SSSR count). The summed E-state index contributed by atoms with van der Waals surface area (Å²) in [6, 6.07) is 5.72. The van der Waals surface area contributed by atoms with Gasteiger partial charge < -0.3 is 18.8 Å². The highest BCUT2D eigenvalue weighted by atomic mass is 32.2. The van der Waals surface area contributed by atoms with Gasteiger partial charge in [0.2, 0.25) is 0 Å². The Hall–Kier alpha value is -1.73. The average Bonchev–Trinajstić information content (AvgIpc) is 3.54. The van der Waals surface area contributed by atoms with E-state index in [2.05, 4.69) is 19.6 Å². The van der Waals surface area contributed by atoms with Crippen LogP contribution < -0.4 is 5.46 Å². The van der Waals surface area contributed by atoms with Crippen LogP contribution in [-0.2, 0) is 29.1 Å². The summed E-state index contributed by atoms with van der Waals surface area (Å²) in [4.78, 5) is 33.1. The second kappa shape index (κ2) is 11.3. The smallest absolute Gasteiger partial charge is 0.443 e. The standard InChI is InChI=1S/C31H48BFN2O6SSi/c1-20(36)31-18-24(31)30(9,22-17-21(13-14-23(22)33)32-40-28(5,6)29(7,8)41-32)34-25(42-31)35(26(37)39-27(2,3)4)19-38-15-16-43(10,11)12/h13-14,17,24H,15-16,18-19H2,1-12H3/t24-,30+,31+/m0/s1. The Morgan fingerprint density at radius 2 is 1.74 bits per heavy atom. The Bertz CT molecular complexity index is 1300. The molecule has 0 radical (unpaired) electrons. The fourth-order valence-corrected chi connectivity index (χ4v) is 7.71. The van der Waals surface area contributed by atoms with Crippen molar-refractivity contribution in [1.82, 2.24) is 4.90 Å². The first-order chi connectivity index (χ1) is 19.5. The molecule has 1 aromatic rings. The minimum absolute atomic E-state index is 0.0348. The molecule has 2 fully saturated rings. The van der Waals surface area contributed by atoms with E-state index in [0.29, 0.717) is 24.1 Å². The van der Waals surface area contributed by atoms with Gasteiger partial charge in [-0.05, 0) is 86.3 Å². The molecular weight excluding hydrogens is 586 g/mol. The van der Waals surface area contributed by atoms with Crippen LogP contribution in [-0.4, -0.2) is 72.0 Å². The number of ether oxygens (including phenoxy) is 2. The number of hydrogen-bond donors (Lipinski definition) is 0. The van der Waals surface area contributed by atoms with Crippen molar-refractivity contribution in [3.05, 3.63) is 29.6 Å². The Morgan fingerprint density at radius 3 is 2.28 bits per heavy atom. The van der Waals surface area contributed by atoms with Gasteiger partial charge in [0.25, 0.3) is 0 Å². The molecule has 0 aromatic heterocycles. The van der Waals surface area contributed by atoms with Crippen LogP contribution in [0.25, 0.3) is 0 Å². The van der Waals surface area contributed by atoms with Crippen LogP contribution in [0.1, 0.15) is 74.3 Å². The van der Waals surface area contributed by atoms with Crippen molar-refractivity contribution in [3.63, 3.8) is 0 Å². The van der Waals surface area contributed by atoms with E-state index in [4.69, 9.17) is 23.8 Å². The third-order valence-corrected chi connectivity index (χ3v) is 12.2. The van der Waals surface area contributed by atoms with Crippen molar-refractivity contribution in [3.8, 4) is 0 Å². The molecular formula is C31H48BFN2O6SSi. The van der Waals surface area contributed by atoms with Gasteiger partial charge in [0.05, 0.1) is 21.5 Å². The van der Waals surface area contributed by atoms with Crippen LogP contribution in [0.4, 0.5) is 9.18 Å². The maximum atomic E-state index is 15.8. The van der Waals surface area contributed by atoms with Crippen molar-refractivity contribution >= 4 is 49.5 Å². The minimum Gasteiger partial charge on any atom is -0.443 e. The summed E-state index contributed by atoms with van der Waals surface area (Å²) in [5.41, 5.74) is -2.04. The Morgan fingerprint density at radius 1 is 1.14 bits per heavy atom. The van der Waals surface area contributed by atoms with Crippen molar-refractivity contribution in [1.29, 1.82) is 0 Å². The summed E-state index contributed by atoms with van der Waals surface area (Å²) in [5, 5.41) is 0.286. The number of thioether (sulfide) groups is 1. The van der Waals surface area contributed by atoms with Gasteiger partial charge in [0.1, 0.15) is 23.9 Å². The molecule has 0 N–H and O–H groups in total. The lowest BCUT2D eigenvalue weighted by Crippen LogP contribution is -2.47. The predicted octanol–water partition coefficient (Wildman–Crippen LogP) is 6.34. The number of carbonyl (C=O) groups is 2. The van der Waals surface area contributed by atoms with E-state index in [1.54, 1.807) is 39.8 Å². The molecule has 0 bridgehead atoms. The molecule has 238 valence electrons. The van der Waals surface area contributed by atoms with Crippen LogP contribution in [0.3, 0.4) is 0 Å². The molecule has 43 heavy (non-hydrogen) atoms. The molecule has 1 saturated heterocycles. The molecule has 3 atom stereocenters. The average molecular weight is 635 g/mol. The number of aliphatic imine (C=N–C) groups is 1. The number of benzene rings is 1. The van der Waals surface area contributed by atoms with Gasteiger partial charge in [-0.2, -0.15) is 0 Å². The Kier molecular flexibility index (Phi) is 8.94. The molecule has 0 unspecified atom stereocenters. The zero-order valence-electron chi connectivity index (χ0n) is 27.8. The summed E-state index contributed by atoms with van der Waals surface area (Å²) in [7, 11) is -2.07. The lowest BCUT2D eigenvalue weighted by atomic mass is 9.75. The van der Waals surface area contributed by atoms with Crippen LogP contribution in [0.5, 0.6) is 0 Å². The molecule has 8 nitrogen and oxygen atoms in total. The van der Waals surface area contributed by atoms with Crippen LogP contribution in [0.15, 0.2) is 23.2 Å². The number of hydrogen-bond acceptors (Lipinski definition) is 8. The first-order valence-electron chi connectivity index (χ1n) is 15.1. The monoisotopic (exact) mass is 634 g/mol. The van der Waals surface area contributed by atoms with Gasteiger partial charge >= 0.3 is 13.2 Å². The van der Waals surface area contributed by atoms with Gasteiger partial charge in [-0.3, -0.25) is 9.79 Å². The van der Waals surface area contributed by atoms with Gasteiger partial charge in [0.15, 0.2) is 5.17 Å². The molecule has 2 heterocycles. The number of fused-ring (bicyclic) bond motifs is 1. The van der Waals surface area contributed by atoms with E-state index in [9.17, 15) is 9.59 Å². The van der Waals surface area contributed by atoms with E-state index < -0.39 is 54.2 Å². The molecule has 1 aliphatic carbocycles. The third-order valence-electron chi connectivity index (χ3n) is 8.91. The number of halogens is 1. The number of rotatable bonds is 8. The summed E-state index contributed by atoms with van der Waals surface area (Å²) in [6.07, 6.45) is -0.117. The summed E-state index contributed by atoms with van der Waals surface area (Å²) in [6.45, 7) is 23.8. The third kappa shape index (κ3) is 6.93. The quantitative estimate of drug-likeness (QED) is 0.187. The topological polar surface area (TPSA) is 86.7 Å². The van der Waals surface area contributed by atoms with Crippen molar-refractivity contribution in [2.24, 2.45) is 10.9 Å². The van der Waals surface area contributed by atoms with Crippen LogP contribution in [0, 0.1) is 11.7 Å². The Balaban J connectivity index is 1.76. The van der Waals surface area contributed by atoms with E-state index in [0.717, 1.165) is 6.04 Å². The predicted molar refractivity (Wildman–Crippen MR) is 173 cm³/mol. The van der Waals surface area contributed by atoms with Gasteiger partial charge in [-0.15, -0.1) is 0 Å². The largest absolute Gasteiger partial charge is 0.494 e. The zero-order valence-corrected chi connectivity index (χ0v) is 29.7. The fraction of sp³-hybridized carbons (Fsp3) is 0.710. The van der Waals surface area contributed by atoms with Crippen LogP contribution >= 0.6 is 11.8 Å². The maximum Gasteiger partial charge on any atom is 0.494 e. The second-order valence-corrected chi connectivity index (χ2v) is 22.3. The van der Waals surface area contributed by atoms with Crippen molar-refractivity contribution in [2.45, 2.75) is 122 Å². The highest BCUT2D eigenvalue weighted by molar-refractivity contribution is 8.16. The molecule has 1 aromatic carbocycles. The van der Waals surface area contributed by atoms with E-state index in [-0.39, 0.29) is 23.6 Å². The number of ketones is 1. The lowest BCUT2D eigenvalue weighted by molar-refractivity contribution is -0.117. The maximum absolute atomic E-state index is 15.8. The molecule has 0 spiro atoms. The lowest BCUT2D eigenvalue weighted by Gasteiger charge is -2.37. The van der Waals surface area contributed by atoms with Crippen molar-refractivity contribution in [2.75, 3.05) is 13.3 Å². The summed E-state index contributed by atoms with van der Waals surface area (Å²) >= 11 is 1.26. The van der Waals surface area contributed by atoms with Crippen LogP contribution in [0.2, 0.25) is 25.7 Å². The van der Waals surface area contributed by atoms with Crippen molar-refractivity contribution < 1.29 is 32.8 Å².